The molecule has 7 heteroatoms. The summed E-state index contributed by atoms with van der Waals surface area (Å²) >= 11 is 7.28. The van der Waals surface area contributed by atoms with Gasteiger partial charge in [0.15, 0.2) is 0 Å². The smallest absolute Gasteiger partial charge is 0.265 e. The number of nitrogens with zero attached hydrogens (tertiary/aromatic N) is 1. The third-order valence-corrected chi connectivity index (χ3v) is 5.93. The molecule has 3 rings (SSSR count). The Hall–Kier alpha value is -2.05. The maximum absolute atomic E-state index is 13.5. The molecule has 156 valence electrons. The van der Waals surface area contributed by atoms with Crippen molar-refractivity contribution in [3.8, 4) is 5.75 Å². The van der Waals surface area contributed by atoms with E-state index in [1.54, 1.807) is 17.0 Å². The Balaban J connectivity index is 2.11. The Morgan fingerprint density at radius 3 is 2.48 bits per heavy atom. The number of hydrogen-bond acceptors (Lipinski definition) is 4. The fourth-order valence-corrected chi connectivity index (χ4v) is 4.32. The normalized spacial score (nSPS) is 19.3. The van der Waals surface area contributed by atoms with Crippen molar-refractivity contribution in [2.24, 2.45) is 5.92 Å². The highest BCUT2D eigenvalue weighted by molar-refractivity contribution is 7.18. The topological polar surface area (TPSA) is 58.6 Å². The number of para-hydroxylation sites is 1. The molecule has 0 fully saturated rings. The summed E-state index contributed by atoms with van der Waals surface area (Å²) in [5.41, 5.74) is 0.255. The van der Waals surface area contributed by atoms with Crippen LogP contribution in [-0.2, 0) is 4.79 Å². The SMILES string of the molecule is CC(C)[C@H]1CN(C(=O)c2ccc(Cl)s2)[C@H](C(=O)NC(C)(C)C)c2ccccc2O1. The first-order valence-corrected chi connectivity index (χ1v) is 10.9. The van der Waals surface area contributed by atoms with Crippen molar-refractivity contribution in [2.45, 2.75) is 52.3 Å². The number of amides is 2. The number of halogens is 1. The number of hydrogen-bond donors (Lipinski definition) is 1. The van der Waals surface area contributed by atoms with Gasteiger partial charge in [-0.2, -0.15) is 0 Å². The second kappa shape index (κ2) is 8.36. The van der Waals surface area contributed by atoms with Crippen LogP contribution in [0.4, 0.5) is 0 Å². The summed E-state index contributed by atoms with van der Waals surface area (Å²) in [6.07, 6.45) is -0.233. The maximum atomic E-state index is 13.5. The van der Waals surface area contributed by atoms with Crippen molar-refractivity contribution >= 4 is 34.8 Å². The first kappa shape index (κ1) is 21.7. The average Bonchev–Trinajstić information content (AvgIpc) is 2.97. The standard InChI is InChI=1S/C22H27ClN2O3S/c1-13(2)16-12-25(21(27)17-10-11-18(23)29-17)19(20(26)24-22(3,4)5)14-8-6-7-9-15(14)28-16/h6-11,13,16,19H,12H2,1-5H3,(H,24,26)/t16-,19+/m1/s1. The lowest BCUT2D eigenvalue weighted by Crippen LogP contribution is -2.50. The quantitative estimate of drug-likeness (QED) is 0.746. The first-order valence-electron chi connectivity index (χ1n) is 9.71. The minimum atomic E-state index is -0.789. The zero-order valence-corrected chi connectivity index (χ0v) is 18.9. The minimum absolute atomic E-state index is 0.162. The summed E-state index contributed by atoms with van der Waals surface area (Å²) in [6, 6.07) is 10.1. The largest absolute Gasteiger partial charge is 0.488 e. The van der Waals surface area contributed by atoms with Crippen LogP contribution in [0.1, 0.15) is 55.9 Å². The second-order valence-corrected chi connectivity index (χ2v) is 10.4. The fourth-order valence-electron chi connectivity index (χ4n) is 3.32. The number of thiophene rings is 1. The van der Waals surface area contributed by atoms with Crippen molar-refractivity contribution in [1.82, 2.24) is 10.2 Å². The number of benzene rings is 1. The van der Waals surface area contributed by atoms with Crippen LogP contribution < -0.4 is 10.1 Å². The number of fused-ring (bicyclic) bond motifs is 1. The van der Waals surface area contributed by atoms with Crippen LogP contribution in [-0.4, -0.2) is 34.9 Å². The van der Waals surface area contributed by atoms with E-state index in [-0.39, 0.29) is 23.8 Å². The highest BCUT2D eigenvalue weighted by atomic mass is 35.5. The summed E-state index contributed by atoms with van der Waals surface area (Å²) in [4.78, 5) is 29.0. The Bertz CT molecular complexity index is 903. The van der Waals surface area contributed by atoms with Gasteiger partial charge < -0.3 is 15.0 Å². The Labute approximate surface area is 181 Å². The lowest BCUT2D eigenvalue weighted by atomic mass is 10.0. The third-order valence-electron chi connectivity index (χ3n) is 4.72. The van der Waals surface area contributed by atoms with E-state index in [0.717, 1.165) is 0 Å². The Kier molecular flexibility index (Phi) is 6.24. The molecule has 0 aliphatic carbocycles. The molecule has 1 aromatic carbocycles. The molecule has 1 aliphatic rings. The summed E-state index contributed by atoms with van der Waals surface area (Å²) in [6.45, 7) is 10.2. The van der Waals surface area contributed by atoms with Crippen LogP contribution in [0.2, 0.25) is 4.34 Å². The molecule has 1 aliphatic heterocycles. The van der Waals surface area contributed by atoms with Gasteiger partial charge >= 0.3 is 0 Å². The first-order chi connectivity index (χ1) is 13.6. The van der Waals surface area contributed by atoms with Crippen LogP contribution in [0.25, 0.3) is 0 Å². The van der Waals surface area contributed by atoms with Gasteiger partial charge in [0.1, 0.15) is 17.9 Å². The van der Waals surface area contributed by atoms with Gasteiger partial charge in [-0.05, 0) is 44.9 Å². The Morgan fingerprint density at radius 1 is 1.21 bits per heavy atom. The van der Waals surface area contributed by atoms with Gasteiger partial charge in [0.25, 0.3) is 5.91 Å². The van der Waals surface area contributed by atoms with Gasteiger partial charge in [0, 0.05) is 11.1 Å². The fraction of sp³-hybridized carbons (Fsp3) is 0.455. The van der Waals surface area contributed by atoms with Crippen molar-refractivity contribution in [3.63, 3.8) is 0 Å². The van der Waals surface area contributed by atoms with E-state index < -0.39 is 11.6 Å². The van der Waals surface area contributed by atoms with E-state index in [9.17, 15) is 9.59 Å². The van der Waals surface area contributed by atoms with Crippen molar-refractivity contribution in [1.29, 1.82) is 0 Å². The highest BCUT2D eigenvalue weighted by Gasteiger charge is 2.40. The van der Waals surface area contributed by atoms with Crippen LogP contribution in [0, 0.1) is 5.92 Å². The molecule has 0 radical (unpaired) electrons. The summed E-state index contributed by atoms with van der Waals surface area (Å²) < 4.78 is 6.79. The summed E-state index contributed by atoms with van der Waals surface area (Å²) in [5.74, 6) is 0.352. The lowest BCUT2D eigenvalue weighted by molar-refractivity contribution is -0.127. The highest BCUT2D eigenvalue weighted by Crippen LogP contribution is 2.37. The predicted octanol–water partition coefficient (Wildman–Crippen LogP) is 4.92. The summed E-state index contributed by atoms with van der Waals surface area (Å²) in [5, 5.41) is 3.03. The molecule has 2 heterocycles. The molecule has 29 heavy (non-hydrogen) atoms. The predicted molar refractivity (Wildman–Crippen MR) is 117 cm³/mol. The number of ether oxygens (including phenoxy) is 1. The van der Waals surface area contributed by atoms with Crippen molar-refractivity contribution in [2.75, 3.05) is 6.54 Å². The van der Waals surface area contributed by atoms with Crippen molar-refractivity contribution < 1.29 is 14.3 Å². The molecular formula is C22H27ClN2O3S. The molecule has 0 saturated carbocycles. The molecule has 1 aromatic heterocycles. The van der Waals surface area contributed by atoms with Crippen LogP contribution in [0.3, 0.4) is 0 Å². The van der Waals surface area contributed by atoms with Crippen LogP contribution in [0.5, 0.6) is 5.75 Å². The average molecular weight is 435 g/mol. The van der Waals surface area contributed by atoms with Gasteiger partial charge in [0.2, 0.25) is 5.91 Å². The van der Waals surface area contributed by atoms with Gasteiger partial charge in [0.05, 0.1) is 15.8 Å². The molecular weight excluding hydrogens is 408 g/mol. The molecule has 2 amide bonds. The van der Waals surface area contributed by atoms with E-state index >= 15 is 0 Å². The van der Waals surface area contributed by atoms with Gasteiger partial charge in [-0.1, -0.05) is 43.6 Å². The lowest BCUT2D eigenvalue weighted by Gasteiger charge is -2.33. The maximum Gasteiger partial charge on any atom is 0.265 e. The molecule has 5 nitrogen and oxygen atoms in total. The molecule has 2 atom stereocenters. The molecule has 0 unspecified atom stereocenters. The van der Waals surface area contributed by atoms with Gasteiger partial charge in [-0.25, -0.2) is 0 Å². The molecule has 1 N–H and O–H groups in total. The monoisotopic (exact) mass is 434 g/mol. The number of carbonyl (C=O) groups excluding carboxylic acids is 2. The van der Waals surface area contributed by atoms with E-state index in [4.69, 9.17) is 16.3 Å². The van der Waals surface area contributed by atoms with Crippen molar-refractivity contribution in [3.05, 3.63) is 51.2 Å². The zero-order valence-electron chi connectivity index (χ0n) is 17.4. The third kappa shape index (κ3) is 4.93. The second-order valence-electron chi connectivity index (χ2n) is 8.64. The van der Waals surface area contributed by atoms with E-state index in [0.29, 0.717) is 27.1 Å². The minimum Gasteiger partial charge on any atom is -0.488 e. The number of nitrogens with one attached hydrogen (secondary N) is 1. The Morgan fingerprint density at radius 2 is 1.90 bits per heavy atom. The van der Waals surface area contributed by atoms with Crippen LogP contribution in [0.15, 0.2) is 36.4 Å². The summed E-state index contributed by atoms with van der Waals surface area (Å²) in [7, 11) is 0. The zero-order chi connectivity index (χ0) is 21.3. The molecule has 0 bridgehead atoms. The molecule has 0 saturated heterocycles. The molecule has 0 spiro atoms. The van der Waals surface area contributed by atoms with Gasteiger partial charge in [-0.3, -0.25) is 9.59 Å². The van der Waals surface area contributed by atoms with Gasteiger partial charge in [-0.15, -0.1) is 11.3 Å². The molecule has 2 aromatic rings. The van der Waals surface area contributed by atoms with Crippen LogP contribution >= 0.6 is 22.9 Å². The van der Waals surface area contributed by atoms with E-state index in [2.05, 4.69) is 5.32 Å². The number of rotatable bonds is 3. The van der Waals surface area contributed by atoms with E-state index in [1.807, 2.05) is 58.9 Å². The van der Waals surface area contributed by atoms with E-state index in [1.165, 1.54) is 11.3 Å². The number of carbonyl (C=O) groups is 2.